The lowest BCUT2D eigenvalue weighted by Crippen LogP contribution is -2.30. The first-order valence-electron chi connectivity index (χ1n) is 9.50. The molecule has 4 aromatic carbocycles. The maximum atomic E-state index is 2.34. The lowest BCUT2D eigenvalue weighted by molar-refractivity contribution is 0.769. The van der Waals surface area contributed by atoms with Gasteiger partial charge in [0, 0.05) is 0 Å². The maximum absolute atomic E-state index is 2.34. The van der Waals surface area contributed by atoms with Gasteiger partial charge >= 0.3 is 0 Å². The lowest BCUT2D eigenvalue weighted by Gasteiger charge is -2.34. The Labute approximate surface area is 161 Å². The molecule has 1 aliphatic carbocycles. The Bertz CT molecular complexity index is 1070. The van der Waals surface area contributed by atoms with Crippen LogP contribution in [0.25, 0.3) is 11.1 Å². The Morgan fingerprint density at radius 3 is 1.74 bits per heavy atom. The third-order valence-electron chi connectivity index (χ3n) is 5.81. The zero-order valence-electron chi connectivity index (χ0n) is 15.4. The normalized spacial score (nSPS) is 13.7. The van der Waals surface area contributed by atoms with E-state index in [9.17, 15) is 0 Å². The van der Waals surface area contributed by atoms with Crippen molar-refractivity contribution in [2.24, 2.45) is 0 Å². The van der Waals surface area contributed by atoms with Crippen molar-refractivity contribution < 1.29 is 0 Å². The highest BCUT2D eigenvalue weighted by Crippen LogP contribution is 2.55. The fraction of sp³-hybridized carbons (Fsp3) is 0.0769. The molecule has 4 aromatic rings. The van der Waals surface area contributed by atoms with Gasteiger partial charge < -0.3 is 0 Å². The molecule has 0 unspecified atom stereocenters. The second-order valence-electron chi connectivity index (χ2n) is 7.12. The largest absolute Gasteiger partial charge is 0.148 e. The van der Waals surface area contributed by atoms with Crippen molar-refractivity contribution in [2.75, 3.05) is 0 Å². The molecule has 0 aromatic heterocycles. The van der Waals surface area contributed by atoms with Crippen LogP contribution in [0.1, 0.15) is 22.3 Å². The van der Waals surface area contributed by atoms with E-state index in [1.807, 2.05) is 0 Å². The number of hydrogen-bond acceptors (Lipinski definition) is 0. The molecule has 0 atom stereocenters. The van der Waals surface area contributed by atoms with Crippen LogP contribution in [0.3, 0.4) is 0 Å². The first-order valence-corrected chi connectivity index (χ1v) is 9.50. The minimum Gasteiger partial charge on any atom is -0.0878 e. The van der Waals surface area contributed by atoms with Crippen LogP contribution in [-0.2, 0) is 5.41 Å². The van der Waals surface area contributed by atoms with Crippen molar-refractivity contribution in [2.45, 2.75) is 12.2 Å². The van der Waals surface area contributed by atoms with Gasteiger partial charge in [0.05, 0.1) is 5.41 Å². The van der Waals surface area contributed by atoms with E-state index in [1.165, 1.54) is 38.8 Å². The Morgan fingerprint density at radius 1 is 0.556 bits per heavy atom. The van der Waals surface area contributed by atoms with Gasteiger partial charge in [-0.15, -0.1) is 0 Å². The van der Waals surface area contributed by atoms with Crippen LogP contribution < -0.4 is 5.46 Å². The van der Waals surface area contributed by atoms with Crippen molar-refractivity contribution in [3.05, 3.63) is 125 Å². The smallest absolute Gasteiger partial charge is 0.0878 e. The van der Waals surface area contributed by atoms with Crippen LogP contribution in [0.15, 0.2) is 103 Å². The van der Waals surface area contributed by atoms with Crippen molar-refractivity contribution >= 4 is 12.7 Å². The Kier molecular flexibility index (Phi) is 3.76. The predicted octanol–water partition coefficient (Wildman–Crippen LogP) is 5.43. The number of fused-ring (bicyclic) bond motifs is 3. The topological polar surface area (TPSA) is 0 Å². The molecule has 0 spiro atoms. The number of hydrogen-bond donors (Lipinski definition) is 0. The van der Waals surface area contributed by atoms with E-state index in [-0.39, 0.29) is 5.41 Å². The summed E-state index contributed by atoms with van der Waals surface area (Å²) in [5.41, 5.74) is 9.01. The molecule has 27 heavy (non-hydrogen) atoms. The van der Waals surface area contributed by atoms with Gasteiger partial charge in [0.1, 0.15) is 7.28 Å². The van der Waals surface area contributed by atoms with Gasteiger partial charge in [0.15, 0.2) is 0 Å². The zero-order valence-corrected chi connectivity index (χ0v) is 15.4. The van der Waals surface area contributed by atoms with Crippen molar-refractivity contribution in [3.63, 3.8) is 0 Å². The summed E-state index contributed by atoms with van der Waals surface area (Å²) in [7, 11) is 2.18. The van der Waals surface area contributed by atoms with Crippen LogP contribution in [0, 0.1) is 0 Å². The summed E-state index contributed by atoms with van der Waals surface area (Å²) in [6.07, 6.45) is 0. The van der Waals surface area contributed by atoms with Crippen molar-refractivity contribution in [3.8, 4) is 11.1 Å². The highest BCUT2D eigenvalue weighted by atomic mass is 14.5. The van der Waals surface area contributed by atoms with E-state index in [2.05, 4.69) is 117 Å². The monoisotopic (exact) mass is 343 g/mol. The molecule has 0 N–H and O–H groups in total. The summed E-state index contributed by atoms with van der Waals surface area (Å²) in [5.74, 6) is 0. The molecular weight excluding hydrogens is 323 g/mol. The summed E-state index contributed by atoms with van der Waals surface area (Å²) in [6.45, 7) is 2.10. The molecule has 0 saturated heterocycles. The Morgan fingerprint density at radius 2 is 1.11 bits per heavy atom. The minimum absolute atomic E-state index is 0.284. The third kappa shape index (κ3) is 2.25. The van der Waals surface area contributed by atoms with E-state index in [0.717, 1.165) is 0 Å². The van der Waals surface area contributed by atoms with Crippen molar-refractivity contribution in [1.82, 2.24) is 0 Å². The molecule has 0 fully saturated rings. The molecule has 5 rings (SSSR count). The second kappa shape index (κ2) is 6.28. The lowest BCUT2D eigenvalue weighted by atomic mass is 9.65. The van der Waals surface area contributed by atoms with Crippen LogP contribution in [0.4, 0.5) is 0 Å². The first kappa shape index (κ1) is 16.1. The quantitative estimate of drug-likeness (QED) is 0.383. The van der Waals surface area contributed by atoms with Gasteiger partial charge in [-0.3, -0.25) is 0 Å². The van der Waals surface area contributed by atoms with Crippen LogP contribution in [0.2, 0.25) is 6.82 Å². The molecule has 0 bridgehead atoms. The summed E-state index contributed by atoms with van der Waals surface area (Å²) in [6, 6.07) is 37.6. The Hall–Kier alpha value is -3.06. The van der Waals surface area contributed by atoms with Gasteiger partial charge in [-0.25, -0.2) is 0 Å². The number of rotatable bonds is 3. The highest BCUT2D eigenvalue weighted by molar-refractivity contribution is 6.51. The van der Waals surface area contributed by atoms with E-state index in [0.29, 0.717) is 0 Å². The fourth-order valence-electron chi connectivity index (χ4n) is 4.66. The average molecular weight is 343 g/mol. The molecule has 127 valence electrons. The molecule has 1 aliphatic rings. The molecular formula is C26H20B. The van der Waals surface area contributed by atoms with Gasteiger partial charge in [-0.2, -0.15) is 0 Å². The van der Waals surface area contributed by atoms with E-state index < -0.39 is 0 Å². The first-order chi connectivity index (χ1) is 13.4. The minimum atomic E-state index is -0.284. The Balaban J connectivity index is 1.95. The second-order valence-corrected chi connectivity index (χ2v) is 7.12. The van der Waals surface area contributed by atoms with Gasteiger partial charge in [0.2, 0.25) is 0 Å². The van der Waals surface area contributed by atoms with Crippen LogP contribution >= 0.6 is 0 Å². The molecule has 0 amide bonds. The molecule has 0 heterocycles. The van der Waals surface area contributed by atoms with E-state index in [4.69, 9.17) is 0 Å². The van der Waals surface area contributed by atoms with Gasteiger partial charge in [-0.05, 0) is 33.4 Å². The standard InChI is InChI=1S/C26H20B/c1-27-21-13-9-12-20(18-21)26(19-10-3-2-4-11-19)24-16-7-5-14-22(24)23-15-6-8-17-25(23)26/h2-18H,1H3. The van der Waals surface area contributed by atoms with Gasteiger partial charge in [-0.1, -0.05) is 115 Å². The fourth-order valence-corrected chi connectivity index (χ4v) is 4.66. The summed E-state index contributed by atoms with van der Waals surface area (Å²) in [4.78, 5) is 0. The average Bonchev–Trinajstić information content (AvgIpc) is 3.06. The van der Waals surface area contributed by atoms with Crippen molar-refractivity contribution in [1.29, 1.82) is 0 Å². The zero-order chi connectivity index (χ0) is 18.3. The van der Waals surface area contributed by atoms with Crippen LogP contribution in [-0.4, -0.2) is 7.28 Å². The molecule has 1 radical (unpaired) electrons. The maximum Gasteiger partial charge on any atom is 0.148 e. The molecule has 0 nitrogen and oxygen atoms in total. The van der Waals surface area contributed by atoms with Crippen LogP contribution in [0.5, 0.6) is 0 Å². The molecule has 0 aliphatic heterocycles. The molecule has 1 heteroatoms. The predicted molar refractivity (Wildman–Crippen MR) is 115 cm³/mol. The number of benzene rings is 4. The SMILES string of the molecule is C[B]c1cccc(C2(c3ccccc3)c3ccccc3-c3ccccc32)c1. The van der Waals surface area contributed by atoms with E-state index in [1.54, 1.807) is 0 Å². The van der Waals surface area contributed by atoms with Gasteiger partial charge in [0.25, 0.3) is 0 Å². The third-order valence-corrected chi connectivity index (χ3v) is 5.81. The molecule has 0 saturated carbocycles. The van der Waals surface area contributed by atoms with E-state index >= 15 is 0 Å². The summed E-state index contributed by atoms with van der Waals surface area (Å²) >= 11 is 0. The summed E-state index contributed by atoms with van der Waals surface area (Å²) in [5, 5.41) is 0. The highest BCUT2D eigenvalue weighted by Gasteiger charge is 2.45. The summed E-state index contributed by atoms with van der Waals surface area (Å²) < 4.78 is 0.